The van der Waals surface area contributed by atoms with Crippen LogP contribution in [-0.4, -0.2) is 71.0 Å². The topological polar surface area (TPSA) is 129 Å². The molecule has 2 bridgehead atoms. The number of aliphatic hydroxyl groups is 1. The summed E-state index contributed by atoms with van der Waals surface area (Å²) in [4.78, 5) is 30.9. The molecule has 1 aromatic heterocycles. The first kappa shape index (κ1) is 23.7. The highest BCUT2D eigenvalue weighted by atomic mass is 28.4. The Morgan fingerprint density at radius 2 is 2.06 bits per heavy atom. The van der Waals surface area contributed by atoms with Gasteiger partial charge in [0.1, 0.15) is 23.2 Å². The van der Waals surface area contributed by atoms with Crippen LogP contribution in [0.2, 0.25) is 19.6 Å². The molecule has 2 aliphatic heterocycles. The Labute approximate surface area is 183 Å². The van der Waals surface area contributed by atoms with E-state index < -0.39 is 49.6 Å². The molecule has 0 unspecified atom stereocenters. The van der Waals surface area contributed by atoms with Crippen LogP contribution in [0.3, 0.4) is 0 Å². The van der Waals surface area contributed by atoms with Crippen molar-refractivity contribution in [1.82, 2.24) is 14.5 Å². The van der Waals surface area contributed by atoms with Gasteiger partial charge in [0, 0.05) is 18.3 Å². The van der Waals surface area contributed by atoms with Gasteiger partial charge in [-0.2, -0.15) is 4.98 Å². The predicted molar refractivity (Wildman–Crippen MR) is 117 cm³/mol. The smallest absolute Gasteiger partial charge is 0.410 e. The average molecular weight is 455 g/mol. The van der Waals surface area contributed by atoms with Gasteiger partial charge >= 0.3 is 11.8 Å². The summed E-state index contributed by atoms with van der Waals surface area (Å²) >= 11 is 0. The number of aryl methyl sites for hydroxylation is 1. The summed E-state index contributed by atoms with van der Waals surface area (Å²) in [5.41, 5.74) is 4.02. The number of anilines is 1. The molecule has 0 spiro atoms. The minimum Gasteiger partial charge on any atom is -0.444 e. The molecule has 31 heavy (non-hydrogen) atoms. The molecule has 0 saturated carbocycles. The van der Waals surface area contributed by atoms with Gasteiger partial charge in [0.2, 0.25) is 0 Å². The van der Waals surface area contributed by atoms with E-state index in [4.69, 9.17) is 19.6 Å². The Balaban J connectivity index is 2.04. The van der Waals surface area contributed by atoms with Gasteiger partial charge in [0.15, 0.2) is 8.32 Å². The third kappa shape index (κ3) is 4.79. The summed E-state index contributed by atoms with van der Waals surface area (Å²) < 4.78 is 19.7. The maximum Gasteiger partial charge on any atom is 0.410 e. The first-order valence-corrected chi connectivity index (χ1v) is 13.9. The SMILES string of the molecule is Cc1cn([C@@H]2O[C@@]3(CO)CN(C(=O)OC(C)(C)C)C[C@@H]2[C@@H]3O[Si](C)(C)C)c(=O)nc1N. The second-order valence-corrected chi connectivity index (χ2v) is 14.9. The lowest BCUT2D eigenvalue weighted by Gasteiger charge is -2.45. The molecule has 0 aromatic carbocycles. The standard InChI is InChI=1S/C20H34N4O6Si/c1-12-8-24(17(26)22-15(12)21)16-13-9-23(18(27)29-19(2,3)4)10-20(11-25,28-16)14(13)30-31(5,6)7/h8,13-14,16,25H,9-11H2,1-7H3,(H2,21,22,26)/t13-,14+,16-,20-/m1/s1. The van der Waals surface area contributed by atoms with Gasteiger partial charge < -0.3 is 29.6 Å². The number of piperidine rings is 1. The van der Waals surface area contributed by atoms with Crippen molar-refractivity contribution in [2.24, 2.45) is 5.92 Å². The van der Waals surface area contributed by atoms with Crippen molar-refractivity contribution in [3.63, 3.8) is 0 Å². The number of hydrogen-bond acceptors (Lipinski definition) is 8. The van der Waals surface area contributed by atoms with Crippen molar-refractivity contribution in [3.8, 4) is 0 Å². The van der Waals surface area contributed by atoms with Crippen LogP contribution in [0.5, 0.6) is 0 Å². The fourth-order valence-corrected chi connectivity index (χ4v) is 5.28. The van der Waals surface area contributed by atoms with Gasteiger partial charge in [-0.15, -0.1) is 0 Å². The molecule has 1 amide bonds. The maximum absolute atomic E-state index is 12.8. The summed E-state index contributed by atoms with van der Waals surface area (Å²) in [7, 11) is -2.05. The number of carbonyl (C=O) groups excluding carboxylic acids is 1. The lowest BCUT2D eigenvalue weighted by Crippen LogP contribution is -2.63. The molecule has 0 aliphatic carbocycles. The summed E-state index contributed by atoms with van der Waals surface area (Å²) in [5, 5.41) is 10.4. The van der Waals surface area contributed by atoms with Gasteiger partial charge in [0.25, 0.3) is 0 Å². The van der Waals surface area contributed by atoms with Crippen molar-refractivity contribution >= 4 is 20.2 Å². The van der Waals surface area contributed by atoms with E-state index in [-0.39, 0.29) is 25.5 Å². The molecular weight excluding hydrogens is 420 g/mol. The largest absolute Gasteiger partial charge is 0.444 e. The molecule has 3 heterocycles. The molecule has 174 valence electrons. The number of rotatable bonds is 4. The number of fused-ring (bicyclic) bond motifs is 2. The fourth-order valence-electron chi connectivity index (χ4n) is 4.13. The lowest BCUT2D eigenvalue weighted by molar-refractivity contribution is -0.135. The third-order valence-corrected chi connectivity index (χ3v) is 6.33. The zero-order chi connectivity index (χ0) is 23.4. The quantitative estimate of drug-likeness (QED) is 0.655. The summed E-state index contributed by atoms with van der Waals surface area (Å²) in [6, 6.07) is 0. The van der Waals surface area contributed by atoms with Gasteiger partial charge in [-0.1, -0.05) is 0 Å². The van der Waals surface area contributed by atoms with Crippen molar-refractivity contribution in [1.29, 1.82) is 0 Å². The maximum atomic E-state index is 12.8. The number of ether oxygens (including phenoxy) is 2. The number of nitrogens with two attached hydrogens (primary N) is 1. The summed E-state index contributed by atoms with van der Waals surface area (Å²) in [6.07, 6.45) is -0.146. The predicted octanol–water partition coefficient (Wildman–Crippen LogP) is 1.48. The van der Waals surface area contributed by atoms with Gasteiger partial charge in [-0.05, 0) is 47.3 Å². The van der Waals surface area contributed by atoms with Crippen LogP contribution in [0.1, 0.15) is 32.6 Å². The van der Waals surface area contributed by atoms with Crippen molar-refractivity contribution in [2.45, 2.75) is 70.9 Å². The number of nitrogen functional groups attached to an aromatic ring is 1. The Morgan fingerprint density at radius 3 is 2.61 bits per heavy atom. The number of aliphatic hydroxyl groups excluding tert-OH is 1. The zero-order valence-electron chi connectivity index (χ0n) is 19.3. The first-order chi connectivity index (χ1) is 14.2. The number of nitrogens with zero attached hydrogens (tertiary/aromatic N) is 3. The Kier molecular flexibility index (Phi) is 6.02. The van der Waals surface area contributed by atoms with E-state index in [0.29, 0.717) is 5.56 Å². The summed E-state index contributed by atoms with van der Waals surface area (Å²) in [5.74, 6) is -0.243. The molecule has 3 rings (SSSR count). The molecule has 10 nitrogen and oxygen atoms in total. The normalized spacial score (nSPS) is 28.6. The van der Waals surface area contributed by atoms with Crippen LogP contribution >= 0.6 is 0 Å². The summed E-state index contributed by atoms with van der Waals surface area (Å²) in [6.45, 7) is 13.3. The number of likely N-dealkylation sites (tertiary alicyclic amines) is 1. The number of aromatic nitrogens is 2. The highest BCUT2D eigenvalue weighted by Gasteiger charge is 2.62. The van der Waals surface area contributed by atoms with Crippen molar-refractivity contribution in [3.05, 3.63) is 22.2 Å². The van der Waals surface area contributed by atoms with E-state index in [0.717, 1.165) is 0 Å². The van der Waals surface area contributed by atoms with E-state index in [1.807, 2.05) is 19.6 Å². The van der Waals surface area contributed by atoms with Crippen LogP contribution in [0.25, 0.3) is 0 Å². The monoisotopic (exact) mass is 454 g/mol. The van der Waals surface area contributed by atoms with Crippen molar-refractivity contribution < 1.29 is 23.8 Å². The molecule has 2 saturated heterocycles. The highest BCUT2D eigenvalue weighted by molar-refractivity contribution is 6.69. The van der Waals surface area contributed by atoms with Crippen LogP contribution < -0.4 is 11.4 Å². The van der Waals surface area contributed by atoms with Crippen LogP contribution in [-0.2, 0) is 13.9 Å². The van der Waals surface area contributed by atoms with E-state index in [1.54, 1.807) is 33.9 Å². The molecule has 11 heteroatoms. The second kappa shape index (κ2) is 7.87. The number of carbonyl (C=O) groups is 1. The highest BCUT2D eigenvalue weighted by Crippen LogP contribution is 2.48. The Hall–Kier alpha value is -1.95. The molecule has 1 aromatic rings. The molecule has 2 aliphatic rings. The van der Waals surface area contributed by atoms with E-state index in [1.165, 1.54) is 9.47 Å². The van der Waals surface area contributed by atoms with E-state index in [9.17, 15) is 14.7 Å². The number of hydrogen-bond donors (Lipinski definition) is 2. The Morgan fingerprint density at radius 1 is 1.42 bits per heavy atom. The number of amides is 1. The lowest BCUT2D eigenvalue weighted by atomic mass is 9.85. The molecule has 4 atom stereocenters. The molecule has 3 N–H and O–H groups in total. The van der Waals surface area contributed by atoms with Gasteiger partial charge in [0.05, 0.1) is 25.2 Å². The zero-order valence-corrected chi connectivity index (χ0v) is 20.3. The Bertz CT molecular complexity index is 908. The average Bonchev–Trinajstić information content (AvgIpc) is 2.78. The van der Waals surface area contributed by atoms with E-state index >= 15 is 0 Å². The molecule has 0 radical (unpaired) electrons. The molecular formula is C20H34N4O6Si. The van der Waals surface area contributed by atoms with Crippen LogP contribution in [0.4, 0.5) is 10.6 Å². The minimum atomic E-state index is -2.05. The minimum absolute atomic E-state index is 0.0939. The van der Waals surface area contributed by atoms with Gasteiger partial charge in [-0.25, -0.2) is 9.59 Å². The second-order valence-electron chi connectivity index (χ2n) is 10.4. The van der Waals surface area contributed by atoms with Crippen molar-refractivity contribution in [2.75, 3.05) is 25.4 Å². The third-order valence-electron chi connectivity index (χ3n) is 5.37. The van der Waals surface area contributed by atoms with Gasteiger partial charge in [-0.3, -0.25) is 4.57 Å². The van der Waals surface area contributed by atoms with Crippen LogP contribution in [0, 0.1) is 12.8 Å². The molecule has 2 fully saturated rings. The van der Waals surface area contributed by atoms with E-state index in [2.05, 4.69) is 4.98 Å². The fraction of sp³-hybridized carbons (Fsp3) is 0.750. The first-order valence-electron chi connectivity index (χ1n) is 10.5. The van der Waals surface area contributed by atoms with Crippen LogP contribution in [0.15, 0.2) is 11.0 Å².